The first-order valence-electron chi connectivity index (χ1n) is 6.93. The van der Waals surface area contributed by atoms with Crippen LogP contribution in [0.25, 0.3) is 0 Å². The Morgan fingerprint density at radius 1 is 1.20 bits per heavy atom. The maximum atomic E-state index is 13.3. The zero-order valence-electron chi connectivity index (χ0n) is 12.1. The molecule has 0 aliphatic rings. The van der Waals surface area contributed by atoms with Crippen LogP contribution >= 0.6 is 7.14 Å². The minimum absolute atomic E-state index is 0.146. The van der Waals surface area contributed by atoms with Crippen molar-refractivity contribution in [3.8, 4) is 0 Å². The summed E-state index contributed by atoms with van der Waals surface area (Å²) in [6, 6.07) is 9.67. The van der Waals surface area contributed by atoms with Gasteiger partial charge in [0, 0.05) is 30.8 Å². The number of hydrogen-bond donors (Lipinski definition) is 0. The van der Waals surface area contributed by atoms with Crippen LogP contribution in [-0.2, 0) is 9.36 Å². The van der Waals surface area contributed by atoms with Gasteiger partial charge in [0.15, 0.2) is 0 Å². The van der Waals surface area contributed by atoms with E-state index in [-0.39, 0.29) is 11.4 Å². The Labute approximate surface area is 122 Å². The van der Waals surface area contributed by atoms with Gasteiger partial charge in [0.05, 0.1) is 0 Å². The highest BCUT2D eigenvalue weighted by Gasteiger charge is 2.33. The third-order valence-corrected chi connectivity index (χ3v) is 6.81. The van der Waals surface area contributed by atoms with Crippen LogP contribution in [0.15, 0.2) is 55.6 Å². The van der Waals surface area contributed by atoms with Crippen LogP contribution in [0, 0.1) is 0 Å². The number of allylic oxidation sites excluding steroid dienone is 2. The fraction of sp³-hybridized carbons (Fsp3) is 0.353. The molecular formula is C17H23O2P. The van der Waals surface area contributed by atoms with Gasteiger partial charge in [-0.15, -0.1) is 13.2 Å². The zero-order chi connectivity index (χ0) is 15.0. The Morgan fingerprint density at radius 3 is 2.20 bits per heavy atom. The van der Waals surface area contributed by atoms with Crippen molar-refractivity contribution in [2.24, 2.45) is 0 Å². The average Bonchev–Trinajstić information content (AvgIpc) is 2.45. The lowest BCUT2D eigenvalue weighted by atomic mass is 10.1. The number of carbonyl (C=O) groups is 1. The first kappa shape index (κ1) is 16.7. The van der Waals surface area contributed by atoms with Crippen LogP contribution in [0.3, 0.4) is 0 Å². The monoisotopic (exact) mass is 290 g/mol. The minimum Gasteiger partial charge on any atom is -0.322 e. The van der Waals surface area contributed by atoms with Crippen molar-refractivity contribution in [3.05, 3.63) is 61.2 Å². The van der Waals surface area contributed by atoms with Gasteiger partial charge in [0.25, 0.3) is 0 Å². The van der Waals surface area contributed by atoms with E-state index in [0.29, 0.717) is 25.2 Å². The molecule has 2 nitrogen and oxygen atoms in total. The Bertz CT molecular complexity index is 491. The molecule has 0 fully saturated rings. The third kappa shape index (κ3) is 4.31. The number of rotatable bonds is 9. The van der Waals surface area contributed by atoms with Gasteiger partial charge in [-0.3, -0.25) is 4.79 Å². The second-order valence-corrected chi connectivity index (χ2v) is 8.18. The fourth-order valence-corrected chi connectivity index (χ4v) is 5.14. The van der Waals surface area contributed by atoms with Crippen molar-refractivity contribution >= 4 is 12.9 Å². The lowest BCUT2D eigenvalue weighted by Crippen LogP contribution is -2.10. The molecule has 1 rings (SSSR count). The standard InChI is InChI=1S/C17H23O2P/c1-4-12-20(19,13-5-2)17(14-16(18)6-3)15-10-8-7-9-11-15/h4-5,7-11,17H,1-2,6,12-14H2,3H3/t17-/m0/s1. The van der Waals surface area contributed by atoms with E-state index >= 15 is 0 Å². The summed E-state index contributed by atoms with van der Waals surface area (Å²) < 4.78 is 13.3. The SMILES string of the molecule is C=CCP(=O)(CC=C)[C@@H](CC(=O)CC)c1ccccc1. The van der Waals surface area contributed by atoms with Gasteiger partial charge in [-0.05, 0) is 5.56 Å². The molecule has 0 saturated carbocycles. The lowest BCUT2D eigenvalue weighted by molar-refractivity contribution is -0.118. The largest absolute Gasteiger partial charge is 0.322 e. The Morgan fingerprint density at radius 2 is 1.75 bits per heavy atom. The highest BCUT2D eigenvalue weighted by Crippen LogP contribution is 2.60. The van der Waals surface area contributed by atoms with Gasteiger partial charge in [0.2, 0.25) is 0 Å². The Kier molecular flexibility index (Phi) is 6.67. The number of carbonyl (C=O) groups excluding carboxylic acids is 1. The second-order valence-electron chi connectivity index (χ2n) is 4.92. The van der Waals surface area contributed by atoms with Gasteiger partial charge in [-0.2, -0.15) is 0 Å². The molecule has 0 radical (unpaired) electrons. The molecule has 0 aliphatic carbocycles. The molecule has 0 spiro atoms. The third-order valence-electron chi connectivity index (χ3n) is 3.44. The van der Waals surface area contributed by atoms with E-state index in [0.717, 1.165) is 5.56 Å². The highest BCUT2D eigenvalue weighted by atomic mass is 31.2. The number of benzene rings is 1. The van der Waals surface area contributed by atoms with Gasteiger partial charge in [-0.1, -0.05) is 49.4 Å². The predicted octanol–water partition coefficient (Wildman–Crippen LogP) is 4.83. The highest BCUT2D eigenvalue weighted by molar-refractivity contribution is 7.64. The van der Waals surface area contributed by atoms with E-state index in [1.165, 1.54) is 0 Å². The van der Waals surface area contributed by atoms with E-state index in [1.54, 1.807) is 12.2 Å². The van der Waals surface area contributed by atoms with Gasteiger partial charge in [0.1, 0.15) is 12.9 Å². The van der Waals surface area contributed by atoms with Crippen LogP contribution < -0.4 is 0 Å². The number of ketones is 1. The van der Waals surface area contributed by atoms with Crippen LogP contribution in [0.4, 0.5) is 0 Å². The minimum atomic E-state index is -2.58. The number of hydrogen-bond acceptors (Lipinski definition) is 2. The molecule has 0 bridgehead atoms. The first-order valence-corrected chi connectivity index (χ1v) is 9.08. The summed E-state index contributed by atoms with van der Waals surface area (Å²) in [6.07, 6.45) is 5.07. The maximum absolute atomic E-state index is 13.3. The quantitative estimate of drug-likeness (QED) is 0.482. The summed E-state index contributed by atoms with van der Waals surface area (Å²) in [5.74, 6) is 0.146. The molecule has 1 aromatic rings. The molecule has 20 heavy (non-hydrogen) atoms. The molecular weight excluding hydrogens is 267 g/mol. The molecule has 1 aromatic carbocycles. The summed E-state index contributed by atoms with van der Waals surface area (Å²) in [6.45, 7) is 9.27. The van der Waals surface area contributed by atoms with E-state index in [2.05, 4.69) is 13.2 Å². The van der Waals surface area contributed by atoms with Crippen molar-refractivity contribution < 1.29 is 9.36 Å². The topological polar surface area (TPSA) is 34.1 Å². The number of Topliss-reactive ketones (excluding diaryl/α,β-unsaturated/α-hetero) is 1. The zero-order valence-corrected chi connectivity index (χ0v) is 13.0. The van der Waals surface area contributed by atoms with Gasteiger partial charge in [-0.25, -0.2) is 0 Å². The summed E-state index contributed by atoms with van der Waals surface area (Å²) in [5, 5.41) is 0. The molecule has 0 saturated heterocycles. The van der Waals surface area contributed by atoms with Crippen molar-refractivity contribution in [3.63, 3.8) is 0 Å². The normalized spacial score (nSPS) is 12.7. The molecule has 0 N–H and O–H groups in total. The summed E-state index contributed by atoms with van der Waals surface area (Å²) in [4.78, 5) is 11.9. The summed E-state index contributed by atoms with van der Waals surface area (Å²) >= 11 is 0. The van der Waals surface area contributed by atoms with Gasteiger partial charge < -0.3 is 4.57 Å². The first-order chi connectivity index (χ1) is 9.57. The van der Waals surface area contributed by atoms with Crippen molar-refractivity contribution in [1.82, 2.24) is 0 Å². The molecule has 1 atom stereocenters. The molecule has 0 heterocycles. The van der Waals surface area contributed by atoms with E-state index < -0.39 is 7.14 Å². The average molecular weight is 290 g/mol. The van der Waals surface area contributed by atoms with Crippen molar-refractivity contribution in [2.75, 3.05) is 12.3 Å². The Balaban J connectivity index is 3.20. The van der Waals surface area contributed by atoms with E-state index in [1.807, 2.05) is 37.3 Å². The lowest BCUT2D eigenvalue weighted by Gasteiger charge is -2.26. The van der Waals surface area contributed by atoms with Crippen LogP contribution in [0.1, 0.15) is 31.0 Å². The molecule has 0 unspecified atom stereocenters. The van der Waals surface area contributed by atoms with E-state index in [9.17, 15) is 9.36 Å². The second kappa shape index (κ2) is 8.01. The van der Waals surface area contributed by atoms with Crippen LogP contribution in [0.5, 0.6) is 0 Å². The smallest absolute Gasteiger partial charge is 0.133 e. The fourth-order valence-electron chi connectivity index (χ4n) is 2.36. The predicted molar refractivity (Wildman–Crippen MR) is 86.8 cm³/mol. The molecule has 0 aromatic heterocycles. The Hall–Kier alpha value is -1.40. The van der Waals surface area contributed by atoms with E-state index in [4.69, 9.17) is 0 Å². The maximum Gasteiger partial charge on any atom is 0.133 e. The molecule has 108 valence electrons. The molecule has 3 heteroatoms. The van der Waals surface area contributed by atoms with Crippen molar-refractivity contribution in [2.45, 2.75) is 25.4 Å². The van der Waals surface area contributed by atoms with Crippen LogP contribution in [0.2, 0.25) is 0 Å². The van der Waals surface area contributed by atoms with Crippen LogP contribution in [-0.4, -0.2) is 18.1 Å². The molecule has 0 aliphatic heterocycles. The summed E-state index contributed by atoms with van der Waals surface area (Å²) in [5.41, 5.74) is 0.744. The molecule has 0 amide bonds. The van der Waals surface area contributed by atoms with Crippen molar-refractivity contribution in [1.29, 1.82) is 0 Å². The van der Waals surface area contributed by atoms with Gasteiger partial charge >= 0.3 is 0 Å². The summed E-state index contributed by atoms with van der Waals surface area (Å²) in [7, 11) is -2.58.